The summed E-state index contributed by atoms with van der Waals surface area (Å²) >= 11 is 3.68. The molecule has 2 heterocycles. The minimum absolute atomic E-state index is 0.228. The third kappa shape index (κ3) is 3.97. The summed E-state index contributed by atoms with van der Waals surface area (Å²) in [5.41, 5.74) is 0.228. The highest BCUT2D eigenvalue weighted by Crippen LogP contribution is 2.35. The van der Waals surface area contributed by atoms with Crippen molar-refractivity contribution in [3.05, 3.63) is 0 Å². The molecule has 0 saturated carbocycles. The standard InChI is InChI=1S/C16H28BrNO2/c1-13(2)14-3-4-15(19)18(8-5-14)12-16(11-17)6-9-20-10-7-16/h13-14H,3-12H2,1-2H3. The first-order valence-electron chi connectivity index (χ1n) is 7.98. The SMILES string of the molecule is CC(C)C1CCC(=O)N(CC2(CBr)CCOCC2)CC1. The Labute approximate surface area is 131 Å². The molecule has 0 spiro atoms. The first kappa shape index (κ1) is 16.3. The third-order valence-electron chi connectivity index (χ3n) is 5.16. The Morgan fingerprint density at radius 2 is 2.05 bits per heavy atom. The molecule has 3 nitrogen and oxygen atoms in total. The summed E-state index contributed by atoms with van der Waals surface area (Å²) in [6, 6.07) is 0. The summed E-state index contributed by atoms with van der Waals surface area (Å²) in [5, 5.41) is 0.973. The number of carbonyl (C=O) groups excluding carboxylic acids is 1. The average Bonchev–Trinajstić information content (AvgIpc) is 2.63. The van der Waals surface area contributed by atoms with E-state index in [1.807, 2.05) is 0 Å². The van der Waals surface area contributed by atoms with Gasteiger partial charge >= 0.3 is 0 Å². The van der Waals surface area contributed by atoms with E-state index in [4.69, 9.17) is 4.74 Å². The summed E-state index contributed by atoms with van der Waals surface area (Å²) in [7, 11) is 0. The number of hydrogen-bond donors (Lipinski definition) is 0. The van der Waals surface area contributed by atoms with Gasteiger partial charge in [-0.1, -0.05) is 29.8 Å². The largest absolute Gasteiger partial charge is 0.381 e. The van der Waals surface area contributed by atoms with Crippen LogP contribution >= 0.6 is 15.9 Å². The van der Waals surface area contributed by atoms with Crippen molar-refractivity contribution in [1.82, 2.24) is 4.90 Å². The van der Waals surface area contributed by atoms with E-state index < -0.39 is 0 Å². The van der Waals surface area contributed by atoms with E-state index >= 15 is 0 Å². The first-order valence-corrected chi connectivity index (χ1v) is 9.10. The number of amides is 1. The number of hydrogen-bond acceptors (Lipinski definition) is 2. The minimum Gasteiger partial charge on any atom is -0.381 e. The lowest BCUT2D eigenvalue weighted by Crippen LogP contribution is -2.45. The van der Waals surface area contributed by atoms with Gasteiger partial charge in [-0.25, -0.2) is 0 Å². The van der Waals surface area contributed by atoms with Crippen LogP contribution in [0, 0.1) is 17.3 Å². The number of halogens is 1. The molecule has 2 fully saturated rings. The predicted molar refractivity (Wildman–Crippen MR) is 85.0 cm³/mol. The van der Waals surface area contributed by atoms with Crippen LogP contribution in [0.25, 0.3) is 0 Å². The molecule has 0 N–H and O–H groups in total. The summed E-state index contributed by atoms with van der Waals surface area (Å²) in [4.78, 5) is 14.5. The molecule has 0 radical (unpaired) electrons. The molecule has 1 atom stereocenters. The highest BCUT2D eigenvalue weighted by Gasteiger charge is 2.36. The number of alkyl halides is 1. The molecule has 4 heteroatoms. The van der Waals surface area contributed by atoms with Crippen molar-refractivity contribution in [2.45, 2.75) is 46.0 Å². The number of carbonyl (C=O) groups is 1. The van der Waals surface area contributed by atoms with Gasteiger partial charge in [-0.3, -0.25) is 4.79 Å². The Morgan fingerprint density at radius 3 is 2.65 bits per heavy atom. The van der Waals surface area contributed by atoms with Gasteiger partial charge in [0.15, 0.2) is 0 Å². The summed E-state index contributed by atoms with van der Waals surface area (Å²) in [5.74, 6) is 1.76. The molecule has 0 aromatic carbocycles. The lowest BCUT2D eigenvalue weighted by Gasteiger charge is -2.39. The van der Waals surface area contributed by atoms with Gasteiger partial charge in [0.2, 0.25) is 5.91 Å². The maximum absolute atomic E-state index is 12.4. The second-order valence-electron chi connectivity index (χ2n) is 6.89. The van der Waals surface area contributed by atoms with Crippen LogP contribution in [0.5, 0.6) is 0 Å². The maximum Gasteiger partial charge on any atom is 0.222 e. The van der Waals surface area contributed by atoms with Crippen molar-refractivity contribution in [1.29, 1.82) is 0 Å². The second kappa shape index (κ2) is 7.26. The van der Waals surface area contributed by atoms with E-state index in [-0.39, 0.29) is 5.41 Å². The van der Waals surface area contributed by atoms with Gasteiger partial charge in [0.1, 0.15) is 0 Å². The molecular weight excluding hydrogens is 318 g/mol. The molecule has 20 heavy (non-hydrogen) atoms. The van der Waals surface area contributed by atoms with Crippen LogP contribution in [0.2, 0.25) is 0 Å². The Bertz CT molecular complexity index is 326. The Kier molecular flexibility index (Phi) is 5.91. The first-order chi connectivity index (χ1) is 9.56. The zero-order valence-electron chi connectivity index (χ0n) is 12.9. The molecule has 0 aliphatic carbocycles. The van der Waals surface area contributed by atoms with Crippen molar-refractivity contribution in [2.24, 2.45) is 17.3 Å². The monoisotopic (exact) mass is 345 g/mol. The fourth-order valence-corrected chi connectivity index (χ4v) is 4.17. The van der Waals surface area contributed by atoms with Gasteiger partial charge in [0.05, 0.1) is 0 Å². The molecule has 2 aliphatic heterocycles. The van der Waals surface area contributed by atoms with E-state index in [1.165, 1.54) is 0 Å². The molecule has 2 aliphatic rings. The molecule has 2 rings (SSSR count). The molecular formula is C16H28BrNO2. The van der Waals surface area contributed by atoms with Gasteiger partial charge in [-0.05, 0) is 37.5 Å². The van der Waals surface area contributed by atoms with Crippen molar-refractivity contribution < 1.29 is 9.53 Å². The lowest BCUT2D eigenvalue weighted by molar-refractivity contribution is -0.133. The van der Waals surface area contributed by atoms with Gasteiger partial charge in [-0.15, -0.1) is 0 Å². The Hall–Kier alpha value is -0.0900. The van der Waals surface area contributed by atoms with Crippen molar-refractivity contribution in [2.75, 3.05) is 31.6 Å². The summed E-state index contributed by atoms with van der Waals surface area (Å²) in [6.45, 7) is 8.08. The number of likely N-dealkylation sites (tertiary alicyclic amines) is 1. The molecule has 1 unspecified atom stereocenters. The van der Waals surface area contributed by atoms with Gasteiger partial charge in [0.25, 0.3) is 0 Å². The molecule has 0 aromatic rings. The van der Waals surface area contributed by atoms with E-state index in [1.54, 1.807) is 0 Å². The van der Waals surface area contributed by atoms with Crippen LogP contribution in [0.1, 0.15) is 46.0 Å². The quantitative estimate of drug-likeness (QED) is 0.730. The van der Waals surface area contributed by atoms with Crippen molar-refractivity contribution in [3.63, 3.8) is 0 Å². The van der Waals surface area contributed by atoms with Crippen molar-refractivity contribution in [3.8, 4) is 0 Å². The molecule has 2 saturated heterocycles. The van der Waals surface area contributed by atoms with E-state index in [2.05, 4.69) is 34.7 Å². The zero-order chi connectivity index (χ0) is 14.6. The van der Waals surface area contributed by atoms with Crippen LogP contribution in [0.15, 0.2) is 0 Å². The molecule has 116 valence electrons. The van der Waals surface area contributed by atoms with Crippen molar-refractivity contribution >= 4 is 21.8 Å². The summed E-state index contributed by atoms with van der Waals surface area (Å²) in [6.07, 6.45) is 5.10. The smallest absolute Gasteiger partial charge is 0.222 e. The molecule has 0 bridgehead atoms. The second-order valence-corrected chi connectivity index (χ2v) is 7.45. The number of rotatable bonds is 4. The fourth-order valence-electron chi connectivity index (χ4n) is 3.43. The normalized spacial score (nSPS) is 27.7. The minimum atomic E-state index is 0.228. The van der Waals surface area contributed by atoms with E-state index in [0.29, 0.717) is 17.7 Å². The van der Waals surface area contributed by atoms with E-state index in [0.717, 1.165) is 63.7 Å². The zero-order valence-corrected chi connectivity index (χ0v) is 14.5. The Balaban J connectivity index is 1.98. The number of nitrogens with zero attached hydrogens (tertiary/aromatic N) is 1. The van der Waals surface area contributed by atoms with E-state index in [9.17, 15) is 4.79 Å². The van der Waals surface area contributed by atoms with Crippen LogP contribution in [-0.2, 0) is 9.53 Å². The maximum atomic E-state index is 12.4. The van der Waals surface area contributed by atoms with Crippen LogP contribution in [-0.4, -0.2) is 42.4 Å². The highest BCUT2D eigenvalue weighted by atomic mass is 79.9. The topological polar surface area (TPSA) is 29.5 Å². The molecule has 0 aromatic heterocycles. The lowest BCUT2D eigenvalue weighted by atomic mass is 9.81. The fraction of sp³-hybridized carbons (Fsp3) is 0.938. The van der Waals surface area contributed by atoms with Gasteiger partial charge in [0, 0.05) is 43.5 Å². The van der Waals surface area contributed by atoms with Gasteiger partial charge < -0.3 is 9.64 Å². The van der Waals surface area contributed by atoms with Crippen LogP contribution < -0.4 is 0 Å². The summed E-state index contributed by atoms with van der Waals surface area (Å²) < 4.78 is 5.49. The average molecular weight is 346 g/mol. The predicted octanol–water partition coefficient (Wildman–Crippen LogP) is 3.46. The highest BCUT2D eigenvalue weighted by molar-refractivity contribution is 9.09. The van der Waals surface area contributed by atoms with Crippen LogP contribution in [0.3, 0.4) is 0 Å². The van der Waals surface area contributed by atoms with Gasteiger partial charge in [-0.2, -0.15) is 0 Å². The molecule has 1 amide bonds. The third-order valence-corrected chi connectivity index (χ3v) is 6.35. The van der Waals surface area contributed by atoms with Crippen LogP contribution in [0.4, 0.5) is 0 Å². The Morgan fingerprint density at radius 1 is 1.35 bits per heavy atom. The number of ether oxygens (including phenoxy) is 1.